The van der Waals surface area contributed by atoms with Crippen LogP contribution in [-0.2, 0) is 0 Å². The number of quaternary nitrogens is 1. The summed E-state index contributed by atoms with van der Waals surface area (Å²) in [6, 6.07) is 7.65. The fraction of sp³-hybridized carbons (Fsp3) is 0.111. The molecule has 0 radical (unpaired) electrons. The second kappa shape index (κ2) is 3.01. The predicted octanol–water partition coefficient (Wildman–Crippen LogP) is 1.45. The molecule has 3 heteroatoms. The molecule has 2 rings (SSSR count). The molecule has 1 aromatic rings. The van der Waals surface area contributed by atoms with Crippen LogP contribution in [0.15, 0.2) is 28.7 Å². The first kappa shape index (κ1) is 7.98. The Bertz CT molecular complexity index is 335. The first-order valence-electron chi connectivity index (χ1n) is 3.75. The van der Waals surface area contributed by atoms with Crippen molar-refractivity contribution in [3.05, 3.63) is 39.5 Å². The van der Waals surface area contributed by atoms with E-state index in [1.165, 1.54) is 0 Å². The van der Waals surface area contributed by atoms with Gasteiger partial charge in [-0.3, -0.25) is 0 Å². The summed E-state index contributed by atoms with van der Waals surface area (Å²) in [5.74, 6) is 0. The van der Waals surface area contributed by atoms with Crippen LogP contribution < -0.4 is 5.06 Å². The lowest BCUT2D eigenvalue weighted by molar-refractivity contribution is -0.770. The Labute approximate surface area is 79.2 Å². The van der Waals surface area contributed by atoms with E-state index in [2.05, 4.69) is 15.9 Å². The van der Waals surface area contributed by atoms with E-state index in [-0.39, 0.29) is 5.06 Å². The van der Waals surface area contributed by atoms with Crippen molar-refractivity contribution >= 4 is 27.7 Å². The molecule has 0 aromatic heterocycles. The Morgan fingerprint density at radius 1 is 1.33 bits per heavy atom. The summed E-state index contributed by atoms with van der Waals surface area (Å²) in [6.45, 7) is 0.497. The summed E-state index contributed by atoms with van der Waals surface area (Å²) in [7, 11) is 0. The predicted molar refractivity (Wildman–Crippen MR) is 52.2 cm³/mol. The number of hydroxylamine groups is 1. The zero-order valence-electron chi connectivity index (χ0n) is 6.38. The minimum Gasteiger partial charge on any atom is -0.629 e. The molecule has 0 spiro atoms. The topological polar surface area (TPSA) is 27.5 Å². The molecule has 62 valence electrons. The summed E-state index contributed by atoms with van der Waals surface area (Å²) in [6.07, 6.45) is 2.00. The maximum atomic E-state index is 11.4. The van der Waals surface area contributed by atoms with Crippen LogP contribution in [0.3, 0.4) is 0 Å². The van der Waals surface area contributed by atoms with E-state index in [0.717, 1.165) is 15.7 Å². The van der Waals surface area contributed by atoms with Crippen LogP contribution in [0.4, 0.5) is 5.69 Å². The van der Waals surface area contributed by atoms with E-state index >= 15 is 0 Å². The van der Waals surface area contributed by atoms with E-state index in [0.29, 0.717) is 6.54 Å². The molecule has 1 N–H and O–H groups in total. The van der Waals surface area contributed by atoms with E-state index in [1.54, 1.807) is 0 Å². The van der Waals surface area contributed by atoms with Gasteiger partial charge in [0.15, 0.2) is 0 Å². The number of hydrogen-bond acceptors (Lipinski definition) is 1. The van der Waals surface area contributed by atoms with Crippen LogP contribution in [-0.4, -0.2) is 6.54 Å². The van der Waals surface area contributed by atoms with Gasteiger partial charge >= 0.3 is 0 Å². The van der Waals surface area contributed by atoms with Crippen LogP contribution in [0, 0.1) is 5.21 Å². The highest BCUT2D eigenvalue weighted by molar-refractivity contribution is 9.11. The van der Waals surface area contributed by atoms with Gasteiger partial charge < -0.3 is 10.3 Å². The highest BCUT2D eigenvalue weighted by Crippen LogP contribution is 2.20. The third-order valence-corrected chi connectivity index (χ3v) is 2.41. The van der Waals surface area contributed by atoms with Crippen molar-refractivity contribution in [2.75, 3.05) is 6.54 Å². The van der Waals surface area contributed by atoms with Gasteiger partial charge in [0.1, 0.15) is 12.2 Å². The lowest BCUT2D eigenvalue weighted by atomic mass is 10.1. The van der Waals surface area contributed by atoms with Gasteiger partial charge in [-0.25, -0.2) is 0 Å². The van der Waals surface area contributed by atoms with Crippen molar-refractivity contribution < 1.29 is 5.06 Å². The molecular weight excluding hydrogens is 218 g/mol. The normalized spacial score (nSPS) is 21.5. The largest absolute Gasteiger partial charge is 0.629 e. The molecule has 0 bridgehead atoms. The molecule has 2 nitrogen and oxygen atoms in total. The molecule has 1 aliphatic rings. The number of fused-ring (bicyclic) bond motifs is 1. The summed E-state index contributed by atoms with van der Waals surface area (Å²) < 4.78 is 0.964. The zero-order valence-corrected chi connectivity index (χ0v) is 7.97. The molecule has 1 aliphatic heterocycles. The number of para-hydroxylation sites is 1. The average molecular weight is 226 g/mol. The van der Waals surface area contributed by atoms with Crippen LogP contribution >= 0.6 is 15.9 Å². The molecule has 0 saturated carbocycles. The van der Waals surface area contributed by atoms with Crippen molar-refractivity contribution in [2.45, 2.75) is 0 Å². The van der Waals surface area contributed by atoms with Crippen LogP contribution in [0.25, 0.3) is 6.08 Å². The van der Waals surface area contributed by atoms with Crippen molar-refractivity contribution in [3.8, 4) is 0 Å². The highest BCUT2D eigenvalue weighted by Gasteiger charge is 2.14. The summed E-state index contributed by atoms with van der Waals surface area (Å²) in [4.78, 5) is 0. The molecule has 1 unspecified atom stereocenters. The quantitative estimate of drug-likeness (QED) is 0.666. The van der Waals surface area contributed by atoms with Gasteiger partial charge in [-0.2, -0.15) is 0 Å². The van der Waals surface area contributed by atoms with Gasteiger partial charge in [-0.15, -0.1) is 0 Å². The van der Waals surface area contributed by atoms with Crippen LogP contribution in [0.2, 0.25) is 0 Å². The second-order valence-electron chi connectivity index (χ2n) is 2.78. The maximum Gasteiger partial charge on any atom is 0.138 e. The van der Waals surface area contributed by atoms with Crippen molar-refractivity contribution in [2.24, 2.45) is 0 Å². The monoisotopic (exact) mass is 225 g/mol. The minimum absolute atomic E-state index is 0.194. The van der Waals surface area contributed by atoms with Gasteiger partial charge in [0.25, 0.3) is 0 Å². The van der Waals surface area contributed by atoms with Crippen molar-refractivity contribution in [1.29, 1.82) is 0 Å². The van der Waals surface area contributed by atoms with E-state index in [9.17, 15) is 5.21 Å². The molecule has 0 amide bonds. The fourth-order valence-electron chi connectivity index (χ4n) is 1.35. The standard InChI is InChI=1S/C9H8BrNO/c10-8-5-7-3-1-2-4-9(7)11(12)6-8/h1-5,11H,6H2. The molecule has 0 aliphatic carbocycles. The third-order valence-electron chi connectivity index (χ3n) is 1.90. The molecule has 1 aromatic carbocycles. The molecule has 12 heavy (non-hydrogen) atoms. The molecule has 0 fully saturated rings. The molecular formula is C9H8BrNO. The van der Waals surface area contributed by atoms with Gasteiger partial charge in [0.05, 0.1) is 4.48 Å². The molecule has 0 saturated heterocycles. The first-order chi connectivity index (χ1) is 5.77. The summed E-state index contributed by atoms with van der Waals surface area (Å²) in [5.41, 5.74) is 1.85. The Morgan fingerprint density at radius 3 is 2.92 bits per heavy atom. The SMILES string of the molecule is [O-][NH+]1CC(Br)=Cc2ccccc21. The average Bonchev–Trinajstić information content (AvgIpc) is 2.04. The minimum atomic E-state index is 0.194. The third kappa shape index (κ3) is 1.31. The van der Waals surface area contributed by atoms with Gasteiger partial charge in [0, 0.05) is 5.56 Å². The number of halogens is 1. The second-order valence-corrected chi connectivity index (χ2v) is 3.80. The first-order valence-corrected chi connectivity index (χ1v) is 4.55. The van der Waals surface area contributed by atoms with E-state index in [4.69, 9.17) is 0 Å². The Balaban J connectivity index is 2.55. The smallest absolute Gasteiger partial charge is 0.138 e. The van der Waals surface area contributed by atoms with E-state index in [1.807, 2.05) is 30.3 Å². The number of nitrogens with one attached hydrogen (secondary N) is 1. The Morgan fingerprint density at radius 2 is 2.08 bits per heavy atom. The van der Waals surface area contributed by atoms with Crippen molar-refractivity contribution in [3.63, 3.8) is 0 Å². The van der Waals surface area contributed by atoms with Crippen LogP contribution in [0.5, 0.6) is 0 Å². The number of benzene rings is 1. The van der Waals surface area contributed by atoms with Crippen molar-refractivity contribution in [1.82, 2.24) is 0 Å². The van der Waals surface area contributed by atoms with Crippen LogP contribution in [0.1, 0.15) is 5.56 Å². The lowest BCUT2D eigenvalue weighted by Gasteiger charge is -2.26. The Kier molecular flexibility index (Phi) is 2.00. The fourth-order valence-corrected chi connectivity index (χ4v) is 1.85. The summed E-state index contributed by atoms with van der Waals surface area (Å²) in [5, 5.41) is 11.6. The lowest BCUT2D eigenvalue weighted by Crippen LogP contribution is -3.02. The molecule has 1 heterocycles. The zero-order chi connectivity index (χ0) is 8.55. The highest BCUT2D eigenvalue weighted by atomic mass is 79.9. The Hall–Kier alpha value is -0.640. The summed E-state index contributed by atoms with van der Waals surface area (Å²) >= 11 is 3.34. The molecule has 1 atom stereocenters. The van der Waals surface area contributed by atoms with Gasteiger partial charge in [0.2, 0.25) is 0 Å². The van der Waals surface area contributed by atoms with Gasteiger partial charge in [-0.05, 0) is 34.1 Å². The number of rotatable bonds is 0. The number of hydrogen-bond donors (Lipinski definition) is 1. The van der Waals surface area contributed by atoms with E-state index < -0.39 is 0 Å². The van der Waals surface area contributed by atoms with Gasteiger partial charge in [-0.1, -0.05) is 12.1 Å². The maximum absolute atomic E-state index is 11.4.